The van der Waals surface area contributed by atoms with Crippen molar-refractivity contribution < 1.29 is 15.4 Å². The lowest BCUT2D eigenvalue weighted by molar-refractivity contribution is 0.589. The van der Waals surface area contributed by atoms with E-state index >= 15 is 0 Å². The maximum Gasteiger partial charge on any atom is 0.159 e. The standard InChI is InChI=1S/C105H93N5O/c1-101(2,3)67-40-48-87-81(55-67)82-56-68(102(4,5)6)41-49-88(82)106(87)72-44-46-79-93(61-72)108(74-53-65(63-28-18-16-19-29-63)52-66(54-74)64-30-20-17-21-31-64)95-59-71(105(13,14)15)60-96-98(95)97(79)80-47-45-73(107-89-50-42-69(103(7,8)9)57-83(89)84-58-70(104(10,11)12)43-51-90(84)107)62-94(80)110(96)92-39-27-35-78-77-34-26-38-91(99(77)111-100(78)92)109-85-36-24-22-32-75(85)76-33-23-25-37-86(76)109/h16-62,97H,1-15H3/i22D,23D,24D,25D,32D,33D,36D,37D. The van der Waals surface area contributed by atoms with Crippen LogP contribution in [0.25, 0.3) is 127 Å². The molecule has 6 nitrogen and oxygen atoms in total. The average molecular weight is 1450 g/mol. The molecule has 544 valence electrons. The van der Waals surface area contributed by atoms with Crippen LogP contribution in [0.15, 0.2) is 289 Å². The van der Waals surface area contributed by atoms with Crippen LogP contribution in [0, 0.1) is 0 Å². The monoisotopic (exact) mass is 1450 g/mol. The van der Waals surface area contributed by atoms with Gasteiger partial charge in [-0.2, -0.15) is 0 Å². The Morgan fingerprint density at radius 1 is 0.261 bits per heavy atom. The van der Waals surface area contributed by atoms with Gasteiger partial charge in [-0.05, 0) is 216 Å². The van der Waals surface area contributed by atoms with Crippen molar-refractivity contribution in [2.24, 2.45) is 0 Å². The molecule has 6 heterocycles. The Morgan fingerprint density at radius 3 is 1.07 bits per heavy atom. The lowest BCUT2D eigenvalue weighted by atomic mass is 9.73. The lowest BCUT2D eigenvalue weighted by Gasteiger charge is -2.46. The molecule has 6 heteroatoms. The molecule has 2 aliphatic rings. The molecule has 0 aliphatic carbocycles. The number of anilines is 6. The van der Waals surface area contributed by atoms with Gasteiger partial charge in [0.25, 0.3) is 0 Å². The van der Waals surface area contributed by atoms with Gasteiger partial charge < -0.3 is 27.9 Å². The molecule has 0 amide bonds. The van der Waals surface area contributed by atoms with E-state index in [2.05, 4.69) is 341 Å². The molecule has 4 aromatic heterocycles. The fraction of sp³-hybridized carbons (Fsp3) is 0.200. The number of fused-ring (bicyclic) bond motifs is 16. The van der Waals surface area contributed by atoms with Gasteiger partial charge in [0.2, 0.25) is 0 Å². The second-order valence-corrected chi connectivity index (χ2v) is 36.1. The molecule has 0 radical (unpaired) electrons. The van der Waals surface area contributed by atoms with Gasteiger partial charge >= 0.3 is 0 Å². The van der Waals surface area contributed by atoms with Crippen LogP contribution in [0.1, 0.15) is 165 Å². The highest BCUT2D eigenvalue weighted by molar-refractivity contribution is 6.17. The molecule has 0 spiro atoms. The van der Waals surface area contributed by atoms with Crippen molar-refractivity contribution in [3.05, 3.63) is 329 Å². The van der Waals surface area contributed by atoms with Crippen LogP contribution in [-0.2, 0) is 27.1 Å². The molecule has 0 bridgehead atoms. The molecule has 111 heavy (non-hydrogen) atoms. The van der Waals surface area contributed by atoms with Gasteiger partial charge in [-0.25, -0.2) is 0 Å². The van der Waals surface area contributed by atoms with E-state index in [9.17, 15) is 5.48 Å². The maximum atomic E-state index is 9.65. The quantitative estimate of drug-likeness (QED) is 0.159. The molecule has 0 fully saturated rings. The molecule has 1 atom stereocenters. The third kappa shape index (κ3) is 10.7. The summed E-state index contributed by atoms with van der Waals surface area (Å²) in [6.45, 7) is 34.4. The zero-order chi connectivity index (χ0) is 83.2. The second kappa shape index (κ2) is 24.2. The topological polar surface area (TPSA) is 34.4 Å². The van der Waals surface area contributed by atoms with E-state index < -0.39 is 41.7 Å². The van der Waals surface area contributed by atoms with E-state index in [0.29, 0.717) is 22.2 Å². The van der Waals surface area contributed by atoms with Gasteiger partial charge in [-0.1, -0.05) is 261 Å². The van der Waals surface area contributed by atoms with Gasteiger partial charge in [-0.3, -0.25) is 0 Å². The summed E-state index contributed by atoms with van der Waals surface area (Å²) in [7, 11) is 0. The number of aromatic nitrogens is 3. The first-order chi connectivity index (χ1) is 56.5. The van der Waals surface area contributed by atoms with Crippen LogP contribution in [0.5, 0.6) is 0 Å². The predicted octanol–water partition coefficient (Wildman–Crippen LogP) is 29.4. The Balaban J connectivity index is 0.921. The summed E-state index contributed by atoms with van der Waals surface area (Å²) in [5.74, 6) is -0.375. The summed E-state index contributed by atoms with van der Waals surface area (Å²) in [5.41, 5.74) is 26.1. The summed E-state index contributed by atoms with van der Waals surface area (Å²) in [6, 6.07) is 84.3. The van der Waals surface area contributed by atoms with Crippen LogP contribution >= 0.6 is 0 Å². The van der Waals surface area contributed by atoms with Crippen molar-refractivity contribution in [2.45, 2.75) is 137 Å². The van der Waals surface area contributed by atoms with Crippen LogP contribution in [0.4, 0.5) is 34.1 Å². The zero-order valence-corrected chi connectivity index (χ0v) is 65.7. The van der Waals surface area contributed by atoms with Crippen molar-refractivity contribution >= 4 is 121 Å². The van der Waals surface area contributed by atoms with Crippen LogP contribution < -0.4 is 9.80 Å². The Morgan fingerprint density at radius 2 is 0.649 bits per heavy atom. The predicted molar refractivity (Wildman–Crippen MR) is 471 cm³/mol. The molecular formula is C105H93N5O. The summed E-state index contributed by atoms with van der Waals surface area (Å²) >= 11 is 0. The number of rotatable bonds is 7. The Hall–Kier alpha value is -12.1. The zero-order valence-electron chi connectivity index (χ0n) is 73.7. The lowest BCUT2D eigenvalue weighted by Crippen LogP contribution is -2.30. The number of benzene rings is 14. The number of furan rings is 1. The number of hydrogen-bond acceptors (Lipinski definition) is 3. The smallest absolute Gasteiger partial charge is 0.159 e. The van der Waals surface area contributed by atoms with Crippen LogP contribution in [-0.4, -0.2) is 13.7 Å². The molecule has 20 rings (SSSR count). The van der Waals surface area contributed by atoms with Crippen molar-refractivity contribution in [1.29, 1.82) is 0 Å². The van der Waals surface area contributed by atoms with E-state index in [-0.39, 0.29) is 61.5 Å². The summed E-state index contributed by atoms with van der Waals surface area (Å²) in [5, 5.41) is 6.19. The molecule has 14 aromatic carbocycles. The SMILES string of the molecule is [2H]c1c([2H])c([2H])c2c(c1[2H])c1c([2H])c([2H])c([2H])c([2H])c1n2-c1cccc2c1oc1c(N3c4cc(-n5c6ccc(C(C)(C)C)cc6c6cc(C(C)(C)C)ccc65)ccc4C4c5ccc(-n6c7ccc(C(C)(C)C)cc7c7cc(C(C)(C)C)ccc76)cc5N(c5cc(-c6ccccc6)cc(-c6ccccc6)c5)c5cc(C(C)(C)C)cc3c54)cccc12. The molecular weight excluding hydrogens is 1350 g/mol. The van der Waals surface area contributed by atoms with Gasteiger partial charge in [0, 0.05) is 71.6 Å². The maximum absolute atomic E-state index is 9.65. The van der Waals surface area contributed by atoms with Crippen molar-refractivity contribution in [1.82, 2.24) is 13.7 Å². The van der Waals surface area contributed by atoms with E-state index in [1.165, 1.54) is 43.8 Å². The summed E-state index contributed by atoms with van der Waals surface area (Å²) in [6.07, 6.45) is 0. The van der Waals surface area contributed by atoms with Crippen molar-refractivity contribution in [3.8, 4) is 39.3 Å². The van der Waals surface area contributed by atoms with Gasteiger partial charge in [-0.15, -0.1) is 0 Å². The Bertz CT molecular complexity index is 7150. The first-order valence-electron chi connectivity index (χ1n) is 43.0. The third-order valence-corrected chi connectivity index (χ3v) is 23.8. The van der Waals surface area contributed by atoms with E-state index in [0.717, 1.165) is 117 Å². The number of hydrogen-bond donors (Lipinski definition) is 0. The number of nitrogens with zero attached hydrogens (tertiary/aromatic N) is 5. The van der Waals surface area contributed by atoms with Gasteiger partial charge in [0.1, 0.15) is 0 Å². The first kappa shape index (κ1) is 59.8. The van der Waals surface area contributed by atoms with Crippen molar-refractivity contribution in [3.63, 3.8) is 0 Å². The van der Waals surface area contributed by atoms with E-state index in [1.807, 2.05) is 18.2 Å². The average Bonchev–Trinajstić information content (AvgIpc) is 1.53. The molecule has 0 N–H and O–H groups in total. The fourth-order valence-corrected chi connectivity index (χ4v) is 17.8. The minimum atomic E-state index is -0.508. The van der Waals surface area contributed by atoms with E-state index in [4.69, 9.17) is 9.90 Å². The molecule has 1 unspecified atom stereocenters. The Labute approximate surface area is 662 Å². The van der Waals surface area contributed by atoms with Crippen LogP contribution in [0.3, 0.4) is 0 Å². The largest absolute Gasteiger partial charge is 0.452 e. The van der Waals surface area contributed by atoms with Crippen LogP contribution in [0.2, 0.25) is 0 Å². The highest BCUT2D eigenvalue weighted by Gasteiger charge is 2.44. The number of para-hydroxylation sites is 4. The molecule has 0 saturated carbocycles. The second-order valence-electron chi connectivity index (χ2n) is 36.1. The highest BCUT2D eigenvalue weighted by atomic mass is 16.3. The molecule has 0 saturated heterocycles. The summed E-state index contributed by atoms with van der Waals surface area (Å²) < 4.78 is 88.5. The van der Waals surface area contributed by atoms with Gasteiger partial charge in [0.05, 0.1) is 78.2 Å². The third-order valence-electron chi connectivity index (χ3n) is 23.8. The Kier molecular flexibility index (Phi) is 13.0. The molecule has 18 aromatic rings. The van der Waals surface area contributed by atoms with E-state index in [1.54, 1.807) is 4.57 Å². The van der Waals surface area contributed by atoms with Gasteiger partial charge in [0.15, 0.2) is 11.2 Å². The minimum absolute atomic E-state index is 0.0100. The minimum Gasteiger partial charge on any atom is -0.452 e. The molecule has 2 aliphatic heterocycles. The van der Waals surface area contributed by atoms with Crippen molar-refractivity contribution in [2.75, 3.05) is 9.80 Å². The summed E-state index contributed by atoms with van der Waals surface area (Å²) in [4.78, 5) is 5.00. The highest BCUT2D eigenvalue weighted by Crippen LogP contribution is 2.63. The fourth-order valence-electron chi connectivity index (χ4n) is 17.8. The first-order valence-corrected chi connectivity index (χ1v) is 39.0. The normalized spacial score (nSPS) is 15.1.